The first-order valence-corrected chi connectivity index (χ1v) is 8.41. The number of hydrogen-bond donors (Lipinski definition) is 1. The number of carbonyl (C=O) groups is 1. The van der Waals surface area contributed by atoms with Gasteiger partial charge in [-0.3, -0.25) is 4.79 Å². The lowest BCUT2D eigenvalue weighted by atomic mass is 10.0. The highest BCUT2D eigenvalue weighted by Crippen LogP contribution is 2.29. The smallest absolute Gasteiger partial charge is 0.329 e. The second kappa shape index (κ2) is 7.49. The highest BCUT2D eigenvalue weighted by Gasteiger charge is 2.20. The third-order valence-electron chi connectivity index (χ3n) is 3.90. The summed E-state index contributed by atoms with van der Waals surface area (Å²) in [6.45, 7) is 3.47. The number of fused-ring (bicyclic) bond motifs is 1. The fourth-order valence-electron chi connectivity index (χ4n) is 2.74. The molecule has 0 radical (unpaired) electrons. The molecule has 2 aromatic carbocycles. The molecule has 3 rings (SSSR count). The second-order valence-electron chi connectivity index (χ2n) is 5.95. The van der Waals surface area contributed by atoms with Gasteiger partial charge in [0.05, 0.1) is 18.2 Å². The molecule has 1 aromatic heterocycles. The van der Waals surface area contributed by atoms with Crippen molar-refractivity contribution in [3.05, 3.63) is 58.6 Å². The summed E-state index contributed by atoms with van der Waals surface area (Å²) in [4.78, 5) is 29.7. The summed E-state index contributed by atoms with van der Waals surface area (Å²) in [5.41, 5.74) is 0.0416. The maximum Gasteiger partial charge on any atom is 0.329 e. The molecule has 0 saturated carbocycles. The Morgan fingerprint density at radius 1 is 1.19 bits per heavy atom. The van der Waals surface area contributed by atoms with Gasteiger partial charge in [-0.25, -0.2) is 9.18 Å². The first-order chi connectivity index (χ1) is 12.9. The van der Waals surface area contributed by atoms with Gasteiger partial charge in [0.2, 0.25) is 5.43 Å². The number of phenols is 1. The van der Waals surface area contributed by atoms with E-state index in [1.807, 2.05) is 6.92 Å². The van der Waals surface area contributed by atoms with Crippen molar-refractivity contribution in [2.75, 3.05) is 6.61 Å². The van der Waals surface area contributed by atoms with Crippen molar-refractivity contribution in [3.8, 4) is 22.6 Å². The van der Waals surface area contributed by atoms with Gasteiger partial charge in [-0.1, -0.05) is 19.1 Å². The Balaban J connectivity index is 2.36. The molecule has 0 bridgehead atoms. The summed E-state index contributed by atoms with van der Waals surface area (Å²) in [7, 11) is 0. The molecule has 0 aliphatic carbocycles. The van der Waals surface area contributed by atoms with E-state index >= 15 is 0 Å². The van der Waals surface area contributed by atoms with Crippen LogP contribution in [0.3, 0.4) is 0 Å². The number of benzene rings is 2. The number of aromatic nitrogens is 1. The number of hydrogen-bond acceptors (Lipinski definition) is 5. The summed E-state index contributed by atoms with van der Waals surface area (Å²) < 4.78 is 21.2. The normalized spacial score (nSPS) is 10.8. The Bertz CT molecular complexity index is 1060. The fraction of sp³-hybridized carbons (Fsp3) is 0.200. The average Bonchev–Trinajstić information content (AvgIpc) is 2.63. The Morgan fingerprint density at radius 3 is 2.52 bits per heavy atom. The summed E-state index contributed by atoms with van der Waals surface area (Å²) in [5.74, 6) is -1.12. The lowest BCUT2D eigenvalue weighted by molar-refractivity contribution is -0.141. The van der Waals surface area contributed by atoms with Crippen molar-refractivity contribution in [3.63, 3.8) is 0 Å². The maximum atomic E-state index is 14.6. The van der Waals surface area contributed by atoms with Crippen LogP contribution in [0.2, 0.25) is 0 Å². The van der Waals surface area contributed by atoms with Crippen molar-refractivity contribution in [1.82, 2.24) is 4.73 Å². The van der Waals surface area contributed by atoms with E-state index in [0.29, 0.717) is 18.6 Å². The van der Waals surface area contributed by atoms with Gasteiger partial charge in [-0.2, -0.15) is 4.73 Å². The third kappa shape index (κ3) is 3.62. The van der Waals surface area contributed by atoms with Crippen LogP contribution in [0.5, 0.6) is 11.5 Å². The summed E-state index contributed by atoms with van der Waals surface area (Å²) >= 11 is 0. The molecule has 0 aliphatic rings. The lowest BCUT2D eigenvalue weighted by Gasteiger charge is -2.16. The van der Waals surface area contributed by atoms with Gasteiger partial charge in [0, 0.05) is 12.5 Å². The van der Waals surface area contributed by atoms with E-state index in [-0.39, 0.29) is 28.0 Å². The predicted molar refractivity (Wildman–Crippen MR) is 98.3 cm³/mol. The first-order valence-electron chi connectivity index (χ1n) is 8.41. The van der Waals surface area contributed by atoms with E-state index in [2.05, 4.69) is 0 Å². The zero-order valence-electron chi connectivity index (χ0n) is 14.9. The van der Waals surface area contributed by atoms with Gasteiger partial charge in [-0.05, 0) is 36.2 Å². The molecule has 0 fully saturated rings. The van der Waals surface area contributed by atoms with Gasteiger partial charge < -0.3 is 14.7 Å². The first kappa shape index (κ1) is 18.4. The van der Waals surface area contributed by atoms with Gasteiger partial charge >= 0.3 is 5.97 Å². The molecule has 6 nitrogen and oxygen atoms in total. The van der Waals surface area contributed by atoms with Gasteiger partial charge in [0.1, 0.15) is 22.8 Å². The molecule has 1 heterocycles. The van der Waals surface area contributed by atoms with E-state index < -0.39 is 17.2 Å². The van der Waals surface area contributed by atoms with Gasteiger partial charge in [-0.15, -0.1) is 0 Å². The van der Waals surface area contributed by atoms with Gasteiger partial charge in [0.15, 0.2) is 0 Å². The monoisotopic (exact) mass is 371 g/mol. The second-order valence-corrected chi connectivity index (χ2v) is 5.95. The number of aromatic hydroxyl groups is 1. The molecule has 0 atom stereocenters. The van der Waals surface area contributed by atoms with Crippen LogP contribution in [0.4, 0.5) is 4.39 Å². The zero-order valence-corrected chi connectivity index (χ0v) is 14.9. The molecule has 0 aliphatic heterocycles. The van der Waals surface area contributed by atoms with Crippen LogP contribution in [0, 0.1) is 5.82 Å². The Morgan fingerprint density at radius 2 is 1.89 bits per heavy atom. The molecule has 140 valence electrons. The molecule has 0 unspecified atom stereocenters. The van der Waals surface area contributed by atoms with Crippen molar-refractivity contribution in [2.45, 2.75) is 20.3 Å². The van der Waals surface area contributed by atoms with Crippen LogP contribution in [-0.4, -0.2) is 22.4 Å². The molecule has 0 amide bonds. The van der Waals surface area contributed by atoms with E-state index in [1.165, 1.54) is 43.5 Å². The van der Waals surface area contributed by atoms with Crippen LogP contribution < -0.4 is 15.0 Å². The largest absolute Gasteiger partial charge is 0.508 e. The van der Waals surface area contributed by atoms with Gasteiger partial charge in [0.25, 0.3) is 0 Å². The molecule has 7 heteroatoms. The third-order valence-corrected chi connectivity index (χ3v) is 3.90. The van der Waals surface area contributed by atoms with Crippen LogP contribution >= 0.6 is 0 Å². The van der Waals surface area contributed by atoms with Crippen molar-refractivity contribution in [2.24, 2.45) is 0 Å². The standard InChI is InChI=1S/C20H18FNO5/c1-3-10-26-17-9-8-16(21)18-19(17)22(27-12(2)23)11-15(20(18)25)13-4-6-14(24)7-5-13/h4-9,11,24H,3,10H2,1-2H3. The van der Waals surface area contributed by atoms with Crippen molar-refractivity contribution < 1.29 is 23.9 Å². The minimum Gasteiger partial charge on any atom is -0.508 e. The minimum absolute atomic E-state index is 0.0290. The summed E-state index contributed by atoms with van der Waals surface area (Å²) in [6, 6.07) is 8.40. The Labute approximate surface area is 154 Å². The van der Waals surface area contributed by atoms with Crippen molar-refractivity contribution in [1.29, 1.82) is 0 Å². The number of rotatable bonds is 5. The van der Waals surface area contributed by atoms with Crippen LogP contribution in [0.1, 0.15) is 20.3 Å². The minimum atomic E-state index is -0.750. The molecule has 0 spiro atoms. The fourth-order valence-corrected chi connectivity index (χ4v) is 2.74. The number of pyridine rings is 1. The molecule has 1 N–H and O–H groups in total. The van der Waals surface area contributed by atoms with Crippen LogP contribution in [-0.2, 0) is 4.79 Å². The van der Waals surface area contributed by atoms with Crippen LogP contribution in [0.15, 0.2) is 47.4 Å². The number of nitrogens with zero attached hydrogens (tertiary/aromatic N) is 1. The van der Waals surface area contributed by atoms with Crippen molar-refractivity contribution >= 4 is 16.9 Å². The Kier molecular flexibility index (Phi) is 5.12. The zero-order chi connectivity index (χ0) is 19.6. The predicted octanol–water partition coefficient (Wildman–Crippen LogP) is 3.28. The molecule has 27 heavy (non-hydrogen) atoms. The number of ether oxygens (including phenoxy) is 1. The summed E-state index contributed by atoms with van der Waals surface area (Å²) in [6.07, 6.45) is 2.03. The summed E-state index contributed by atoms with van der Waals surface area (Å²) in [5, 5.41) is 9.21. The highest BCUT2D eigenvalue weighted by molar-refractivity contribution is 5.89. The topological polar surface area (TPSA) is 77.8 Å². The van der Waals surface area contributed by atoms with E-state index in [1.54, 1.807) is 0 Å². The Hall–Kier alpha value is -3.35. The van der Waals surface area contributed by atoms with E-state index in [9.17, 15) is 19.1 Å². The van der Waals surface area contributed by atoms with Crippen LogP contribution in [0.25, 0.3) is 22.0 Å². The molecular weight excluding hydrogens is 353 g/mol. The molecular formula is C20H18FNO5. The lowest BCUT2D eigenvalue weighted by Crippen LogP contribution is -2.22. The van der Waals surface area contributed by atoms with E-state index in [0.717, 1.165) is 10.8 Å². The number of halogens is 1. The average molecular weight is 371 g/mol. The number of carbonyl (C=O) groups excluding carboxylic acids is 1. The molecule has 3 aromatic rings. The highest BCUT2D eigenvalue weighted by atomic mass is 19.1. The molecule has 0 saturated heterocycles. The number of phenolic OH excluding ortho intramolecular Hbond substituents is 1. The quantitative estimate of drug-likeness (QED) is 0.745. The van der Waals surface area contributed by atoms with E-state index in [4.69, 9.17) is 9.57 Å². The SMILES string of the molecule is CCCOc1ccc(F)c2c(=O)c(-c3ccc(O)cc3)cn(OC(C)=O)c12. The maximum absolute atomic E-state index is 14.6.